The molecule has 5 heteroatoms. The molecule has 0 saturated heterocycles. The summed E-state index contributed by atoms with van der Waals surface area (Å²) in [5.41, 5.74) is 7.24. The molecular weight excluding hydrogens is 420 g/mol. The minimum absolute atomic E-state index is 0.315. The molecule has 0 aromatic heterocycles. The van der Waals surface area contributed by atoms with E-state index in [9.17, 15) is 9.59 Å². The number of carbonyl (C=O) groups is 2. The molecule has 3 aromatic carbocycles. The Hall–Kier alpha value is -3.37. The van der Waals surface area contributed by atoms with E-state index >= 15 is 0 Å². The van der Waals surface area contributed by atoms with E-state index < -0.39 is 0 Å². The Morgan fingerprint density at radius 3 is 2.34 bits per heavy atom. The number of benzene rings is 3. The number of rotatable bonds is 3. The number of hydrogen-bond acceptors (Lipinski definition) is 3. The van der Waals surface area contributed by atoms with Crippen LogP contribution in [0, 0.1) is 20.8 Å². The fraction of sp³-hybridized carbons (Fsp3) is 0.185. The zero-order valence-electron chi connectivity index (χ0n) is 18.3. The molecule has 0 N–H and O–H groups in total. The van der Waals surface area contributed by atoms with Gasteiger partial charge < -0.3 is 4.90 Å². The summed E-state index contributed by atoms with van der Waals surface area (Å²) in [6, 6.07) is 19.3. The molecule has 3 aromatic rings. The number of anilines is 2. The molecule has 2 amide bonds. The highest BCUT2D eigenvalue weighted by molar-refractivity contribution is 6.47. The zero-order valence-corrected chi connectivity index (χ0v) is 19.0. The zero-order chi connectivity index (χ0) is 22.6. The lowest BCUT2D eigenvalue weighted by atomic mass is 9.99. The Morgan fingerprint density at radius 1 is 0.812 bits per heavy atom. The van der Waals surface area contributed by atoms with Crippen LogP contribution in [0.5, 0.6) is 0 Å². The number of imide groups is 1. The van der Waals surface area contributed by atoms with Crippen molar-refractivity contribution in [1.29, 1.82) is 0 Å². The summed E-state index contributed by atoms with van der Waals surface area (Å²) in [4.78, 5) is 31.0. The monoisotopic (exact) mass is 442 g/mol. The third kappa shape index (κ3) is 3.06. The van der Waals surface area contributed by atoms with E-state index in [1.54, 1.807) is 18.2 Å². The van der Waals surface area contributed by atoms with E-state index in [0.717, 1.165) is 28.8 Å². The number of nitrogens with zero attached hydrogens (tertiary/aromatic N) is 2. The first-order valence-electron chi connectivity index (χ1n) is 10.7. The molecule has 0 aliphatic carbocycles. The first kappa shape index (κ1) is 20.5. The first-order valence-corrected chi connectivity index (χ1v) is 11.1. The van der Waals surface area contributed by atoms with E-state index in [0.29, 0.717) is 34.1 Å². The van der Waals surface area contributed by atoms with Crippen molar-refractivity contribution in [3.63, 3.8) is 0 Å². The lowest BCUT2D eigenvalue weighted by molar-refractivity contribution is -0.120. The highest BCUT2D eigenvalue weighted by Gasteiger charge is 2.44. The van der Waals surface area contributed by atoms with Gasteiger partial charge in [0, 0.05) is 17.3 Å². The quantitative estimate of drug-likeness (QED) is 0.495. The Kier molecular flexibility index (Phi) is 4.90. The third-order valence-electron chi connectivity index (χ3n) is 6.49. The van der Waals surface area contributed by atoms with E-state index in [1.165, 1.54) is 10.5 Å². The molecule has 2 aliphatic heterocycles. The number of fused-ring (bicyclic) bond motifs is 1. The second-order valence-corrected chi connectivity index (χ2v) is 8.79. The summed E-state index contributed by atoms with van der Waals surface area (Å²) < 4.78 is 0. The van der Waals surface area contributed by atoms with Crippen LogP contribution in [-0.2, 0) is 16.0 Å². The molecule has 0 spiro atoms. The van der Waals surface area contributed by atoms with E-state index in [1.807, 2.05) is 62.1 Å². The normalized spacial score (nSPS) is 15.8. The first-order chi connectivity index (χ1) is 15.4. The van der Waals surface area contributed by atoms with Gasteiger partial charge in [0.25, 0.3) is 11.8 Å². The van der Waals surface area contributed by atoms with Crippen molar-refractivity contribution in [2.75, 3.05) is 16.3 Å². The molecule has 0 radical (unpaired) electrons. The molecule has 2 aliphatic rings. The molecule has 0 bridgehead atoms. The average molecular weight is 443 g/mol. The van der Waals surface area contributed by atoms with Gasteiger partial charge in [-0.2, -0.15) is 0 Å². The second-order valence-electron chi connectivity index (χ2n) is 8.38. The van der Waals surface area contributed by atoms with E-state index in [2.05, 4.69) is 6.07 Å². The number of aryl methyl sites for hydroxylation is 2. The largest absolute Gasteiger partial charge is 0.336 e. The molecule has 4 nitrogen and oxygen atoms in total. The molecule has 0 atom stereocenters. The van der Waals surface area contributed by atoms with Crippen LogP contribution in [0.3, 0.4) is 0 Å². The van der Waals surface area contributed by atoms with Crippen LogP contribution in [0.15, 0.2) is 66.4 Å². The smallest absolute Gasteiger partial charge is 0.282 e. The SMILES string of the molecule is Cc1ccc(C2=C(N3CCc4ccccc43)C(=O)N(c3cccc(Cl)c3C)C2=O)cc1C. The van der Waals surface area contributed by atoms with Gasteiger partial charge in [0.1, 0.15) is 5.70 Å². The number of hydrogen-bond donors (Lipinski definition) is 0. The fourth-order valence-electron chi connectivity index (χ4n) is 4.55. The van der Waals surface area contributed by atoms with Crippen LogP contribution >= 0.6 is 11.6 Å². The Labute approximate surface area is 192 Å². The van der Waals surface area contributed by atoms with Crippen molar-refractivity contribution < 1.29 is 9.59 Å². The highest BCUT2D eigenvalue weighted by atomic mass is 35.5. The standard InChI is InChI=1S/C27H23ClN2O2/c1-16-11-12-20(15-17(16)2)24-25(29-14-13-19-7-4-5-9-23(19)29)27(32)30(26(24)31)22-10-6-8-21(28)18(22)3/h4-12,15H,13-14H2,1-3H3. The molecule has 0 saturated carbocycles. The molecule has 32 heavy (non-hydrogen) atoms. The topological polar surface area (TPSA) is 40.6 Å². The minimum Gasteiger partial charge on any atom is -0.336 e. The summed E-state index contributed by atoms with van der Waals surface area (Å²) in [7, 11) is 0. The van der Waals surface area contributed by atoms with Gasteiger partial charge in [-0.15, -0.1) is 0 Å². The van der Waals surface area contributed by atoms with Gasteiger partial charge in [-0.3, -0.25) is 9.59 Å². The predicted molar refractivity (Wildman–Crippen MR) is 129 cm³/mol. The molecule has 160 valence electrons. The summed E-state index contributed by atoms with van der Waals surface area (Å²) in [6.07, 6.45) is 0.831. The van der Waals surface area contributed by atoms with Gasteiger partial charge in [-0.25, -0.2) is 4.90 Å². The van der Waals surface area contributed by atoms with Gasteiger partial charge in [-0.05, 0) is 73.2 Å². The van der Waals surface area contributed by atoms with Crippen LogP contribution < -0.4 is 9.80 Å². The van der Waals surface area contributed by atoms with E-state index in [-0.39, 0.29) is 11.8 Å². The van der Waals surface area contributed by atoms with Crippen molar-refractivity contribution in [2.24, 2.45) is 0 Å². The van der Waals surface area contributed by atoms with Crippen LogP contribution in [0.1, 0.15) is 27.8 Å². The third-order valence-corrected chi connectivity index (χ3v) is 6.90. The summed E-state index contributed by atoms with van der Waals surface area (Å²) in [5.74, 6) is -0.631. The maximum absolute atomic E-state index is 13.9. The Balaban J connectivity index is 1.72. The van der Waals surface area contributed by atoms with Gasteiger partial charge in [-0.1, -0.05) is 54.1 Å². The van der Waals surface area contributed by atoms with Gasteiger partial charge >= 0.3 is 0 Å². The van der Waals surface area contributed by atoms with Crippen molar-refractivity contribution >= 4 is 40.4 Å². The molecule has 0 unspecified atom stereocenters. The molecule has 5 rings (SSSR count). The number of amides is 2. The van der Waals surface area contributed by atoms with Gasteiger partial charge in [0.15, 0.2) is 0 Å². The number of carbonyl (C=O) groups excluding carboxylic acids is 2. The molecular formula is C27H23ClN2O2. The number of halogens is 1. The minimum atomic E-state index is -0.317. The van der Waals surface area contributed by atoms with Gasteiger partial charge in [0.05, 0.1) is 11.3 Å². The fourth-order valence-corrected chi connectivity index (χ4v) is 4.72. The molecule has 2 heterocycles. The Morgan fingerprint density at radius 2 is 1.56 bits per heavy atom. The van der Waals surface area contributed by atoms with Crippen molar-refractivity contribution in [3.05, 3.63) is 99.2 Å². The van der Waals surface area contributed by atoms with Crippen LogP contribution in [0.4, 0.5) is 11.4 Å². The van der Waals surface area contributed by atoms with Crippen molar-refractivity contribution in [3.8, 4) is 0 Å². The maximum Gasteiger partial charge on any atom is 0.282 e. The van der Waals surface area contributed by atoms with Crippen molar-refractivity contribution in [1.82, 2.24) is 0 Å². The molecule has 0 fully saturated rings. The summed E-state index contributed by atoms with van der Waals surface area (Å²) in [5, 5.41) is 0.524. The van der Waals surface area contributed by atoms with Crippen LogP contribution in [0.25, 0.3) is 5.57 Å². The second kappa shape index (κ2) is 7.64. The van der Waals surface area contributed by atoms with E-state index in [4.69, 9.17) is 11.6 Å². The predicted octanol–water partition coefficient (Wildman–Crippen LogP) is 5.61. The summed E-state index contributed by atoms with van der Waals surface area (Å²) in [6.45, 7) is 6.54. The highest BCUT2D eigenvalue weighted by Crippen LogP contribution is 2.41. The lowest BCUT2D eigenvalue weighted by Gasteiger charge is -2.22. The van der Waals surface area contributed by atoms with Crippen LogP contribution in [-0.4, -0.2) is 18.4 Å². The average Bonchev–Trinajstić information content (AvgIpc) is 3.30. The van der Waals surface area contributed by atoms with Gasteiger partial charge in [0.2, 0.25) is 0 Å². The van der Waals surface area contributed by atoms with Crippen molar-refractivity contribution in [2.45, 2.75) is 27.2 Å². The number of para-hydroxylation sites is 1. The van der Waals surface area contributed by atoms with Crippen LogP contribution in [0.2, 0.25) is 5.02 Å². The lowest BCUT2D eigenvalue weighted by Crippen LogP contribution is -2.35. The Bertz CT molecular complexity index is 1320. The summed E-state index contributed by atoms with van der Waals surface area (Å²) >= 11 is 6.34. The maximum atomic E-state index is 13.9.